The number of aromatic nitrogens is 2. The van der Waals surface area contributed by atoms with Gasteiger partial charge in [-0.1, -0.05) is 6.07 Å². The van der Waals surface area contributed by atoms with E-state index in [9.17, 15) is 8.42 Å². The predicted octanol–water partition coefficient (Wildman–Crippen LogP) is 0.709. The Hall–Kier alpha value is -1.44. The van der Waals surface area contributed by atoms with Crippen molar-refractivity contribution in [2.24, 2.45) is 0 Å². The molecule has 0 saturated carbocycles. The first kappa shape index (κ1) is 14.0. The number of rotatable bonds is 6. The fourth-order valence-corrected chi connectivity index (χ4v) is 2.91. The Balaban J connectivity index is 1.96. The zero-order valence-corrected chi connectivity index (χ0v) is 11.8. The molecule has 0 bridgehead atoms. The largest absolute Gasteiger partial charge is 0.304 e. The molecule has 104 valence electrons. The number of nitrogens with one attached hydrogen (secondary N) is 2. The van der Waals surface area contributed by atoms with Crippen molar-refractivity contribution in [3.8, 4) is 0 Å². The summed E-state index contributed by atoms with van der Waals surface area (Å²) in [4.78, 5) is 4.28. The molecule has 6 nitrogen and oxygen atoms in total. The molecule has 7 heteroatoms. The van der Waals surface area contributed by atoms with Crippen molar-refractivity contribution in [1.82, 2.24) is 18.8 Å². The highest BCUT2D eigenvalue weighted by atomic mass is 32.2. The lowest BCUT2D eigenvalue weighted by molar-refractivity contribution is 0.554. The van der Waals surface area contributed by atoms with Crippen LogP contribution in [0.4, 0.5) is 0 Å². The number of imidazole rings is 1. The monoisotopic (exact) mass is 282 g/mol. The number of nitrogens with zero attached hydrogens (tertiary/aromatic N) is 2. The van der Waals surface area contributed by atoms with E-state index < -0.39 is 10.2 Å². The summed E-state index contributed by atoms with van der Waals surface area (Å²) in [5, 5.41) is 0. The first-order chi connectivity index (χ1) is 8.98. The van der Waals surface area contributed by atoms with Crippen LogP contribution in [0.5, 0.6) is 0 Å². The Morgan fingerprint density at radius 1 is 1.37 bits per heavy atom. The molecular formula is C12H18N4O2S. The van der Waals surface area contributed by atoms with Gasteiger partial charge in [-0.3, -0.25) is 0 Å². The van der Waals surface area contributed by atoms with Gasteiger partial charge in [-0.25, -0.2) is 9.71 Å². The van der Waals surface area contributed by atoms with E-state index in [4.69, 9.17) is 0 Å². The lowest BCUT2D eigenvalue weighted by Crippen LogP contribution is -2.41. The number of fused-ring (bicyclic) bond motifs is 1. The van der Waals surface area contributed by atoms with E-state index in [1.807, 2.05) is 28.8 Å². The van der Waals surface area contributed by atoms with Crippen LogP contribution < -0.4 is 9.44 Å². The van der Waals surface area contributed by atoms with Crippen LogP contribution in [0, 0.1) is 0 Å². The molecule has 0 saturated heterocycles. The minimum atomic E-state index is -3.42. The molecule has 2 rings (SSSR count). The van der Waals surface area contributed by atoms with E-state index in [1.165, 1.54) is 0 Å². The molecular weight excluding hydrogens is 264 g/mol. The second-order valence-corrected chi connectivity index (χ2v) is 6.12. The highest BCUT2D eigenvalue weighted by Crippen LogP contribution is 2.06. The van der Waals surface area contributed by atoms with Gasteiger partial charge in [-0.2, -0.15) is 13.1 Å². The van der Waals surface area contributed by atoms with E-state index >= 15 is 0 Å². The van der Waals surface area contributed by atoms with Crippen LogP contribution in [-0.4, -0.2) is 30.4 Å². The normalized spacial score (nSPS) is 12.4. The van der Waals surface area contributed by atoms with Gasteiger partial charge in [0.05, 0.1) is 11.7 Å². The maximum Gasteiger partial charge on any atom is 0.277 e. The van der Waals surface area contributed by atoms with Crippen molar-refractivity contribution >= 4 is 15.7 Å². The number of pyridine rings is 1. The Morgan fingerprint density at radius 3 is 2.89 bits per heavy atom. The fraction of sp³-hybridized carbons (Fsp3) is 0.417. The quantitative estimate of drug-likeness (QED) is 0.819. The molecule has 0 aliphatic heterocycles. The maximum atomic E-state index is 11.6. The molecule has 0 spiro atoms. The van der Waals surface area contributed by atoms with Gasteiger partial charge in [0.15, 0.2) is 0 Å². The highest BCUT2D eigenvalue weighted by Gasteiger charge is 2.11. The molecule has 2 aromatic rings. The minimum Gasteiger partial charge on any atom is -0.304 e. The standard InChI is InChI=1S/C12H18N4O2S/c1-10(2)15-19(17,18)14-7-6-12-13-9-11-5-3-4-8-16(11)12/h3-5,8-10,14-15H,6-7H2,1-2H3. The van der Waals surface area contributed by atoms with Crippen LogP contribution in [-0.2, 0) is 16.6 Å². The zero-order chi connectivity index (χ0) is 13.9. The van der Waals surface area contributed by atoms with E-state index in [2.05, 4.69) is 14.4 Å². The Morgan fingerprint density at radius 2 is 2.16 bits per heavy atom. The van der Waals surface area contributed by atoms with Crippen molar-refractivity contribution in [1.29, 1.82) is 0 Å². The second kappa shape index (κ2) is 5.68. The molecule has 0 unspecified atom stereocenters. The predicted molar refractivity (Wildman–Crippen MR) is 74.1 cm³/mol. The molecule has 0 aliphatic rings. The molecule has 0 aromatic carbocycles. The van der Waals surface area contributed by atoms with Crippen molar-refractivity contribution < 1.29 is 8.42 Å². The average molecular weight is 282 g/mol. The summed E-state index contributed by atoms with van der Waals surface area (Å²) < 4.78 is 30.1. The van der Waals surface area contributed by atoms with Crippen molar-refractivity contribution in [3.05, 3.63) is 36.4 Å². The maximum absolute atomic E-state index is 11.6. The summed E-state index contributed by atoms with van der Waals surface area (Å²) in [6, 6.07) is 5.70. The summed E-state index contributed by atoms with van der Waals surface area (Å²) in [6.45, 7) is 3.87. The molecule has 2 N–H and O–H groups in total. The SMILES string of the molecule is CC(C)NS(=O)(=O)NCCc1ncc2ccccn12. The third kappa shape index (κ3) is 3.76. The summed E-state index contributed by atoms with van der Waals surface area (Å²) in [5.41, 5.74) is 1.00. The molecule has 0 aliphatic carbocycles. The first-order valence-corrected chi connectivity index (χ1v) is 7.64. The van der Waals surface area contributed by atoms with Gasteiger partial charge in [0, 0.05) is 25.2 Å². The Kier molecular flexibility index (Phi) is 4.18. The molecule has 0 atom stereocenters. The average Bonchev–Trinajstić information content (AvgIpc) is 2.71. The van der Waals surface area contributed by atoms with Crippen LogP contribution in [0.25, 0.3) is 5.52 Å². The molecule has 2 aromatic heterocycles. The molecule has 0 radical (unpaired) electrons. The summed E-state index contributed by atoms with van der Waals surface area (Å²) in [6.07, 6.45) is 4.23. The van der Waals surface area contributed by atoms with Gasteiger partial charge in [0.25, 0.3) is 10.2 Å². The molecule has 0 amide bonds. The lowest BCUT2D eigenvalue weighted by Gasteiger charge is -2.10. The van der Waals surface area contributed by atoms with Gasteiger partial charge in [0.2, 0.25) is 0 Å². The smallest absolute Gasteiger partial charge is 0.277 e. The lowest BCUT2D eigenvalue weighted by atomic mass is 10.4. The molecule has 19 heavy (non-hydrogen) atoms. The van der Waals surface area contributed by atoms with E-state index in [0.717, 1.165) is 11.3 Å². The van der Waals surface area contributed by atoms with E-state index in [-0.39, 0.29) is 6.04 Å². The fourth-order valence-electron chi connectivity index (χ4n) is 1.83. The van der Waals surface area contributed by atoms with Crippen LogP contribution in [0.2, 0.25) is 0 Å². The number of hydrogen-bond acceptors (Lipinski definition) is 3. The molecule has 2 heterocycles. The molecule has 0 fully saturated rings. The van der Waals surface area contributed by atoms with Crippen LogP contribution in [0.15, 0.2) is 30.6 Å². The minimum absolute atomic E-state index is 0.121. The van der Waals surface area contributed by atoms with Crippen LogP contribution >= 0.6 is 0 Å². The van der Waals surface area contributed by atoms with Crippen molar-refractivity contribution in [3.63, 3.8) is 0 Å². The second-order valence-electron chi connectivity index (χ2n) is 4.59. The highest BCUT2D eigenvalue weighted by molar-refractivity contribution is 7.87. The van der Waals surface area contributed by atoms with Gasteiger partial charge in [-0.15, -0.1) is 0 Å². The number of hydrogen-bond donors (Lipinski definition) is 2. The third-order valence-corrected chi connectivity index (χ3v) is 3.91. The van der Waals surface area contributed by atoms with Gasteiger partial charge in [0.1, 0.15) is 5.82 Å². The third-order valence-electron chi connectivity index (χ3n) is 2.55. The van der Waals surface area contributed by atoms with Crippen LogP contribution in [0.3, 0.4) is 0 Å². The zero-order valence-electron chi connectivity index (χ0n) is 11.0. The van der Waals surface area contributed by atoms with E-state index in [0.29, 0.717) is 13.0 Å². The van der Waals surface area contributed by atoms with Crippen molar-refractivity contribution in [2.45, 2.75) is 26.3 Å². The van der Waals surface area contributed by atoms with Gasteiger partial charge in [-0.05, 0) is 26.0 Å². The van der Waals surface area contributed by atoms with Crippen molar-refractivity contribution in [2.75, 3.05) is 6.54 Å². The Labute approximate surface area is 113 Å². The summed E-state index contributed by atoms with van der Waals surface area (Å²) in [7, 11) is -3.42. The van der Waals surface area contributed by atoms with Gasteiger partial charge < -0.3 is 4.40 Å². The summed E-state index contributed by atoms with van der Waals surface area (Å²) >= 11 is 0. The topological polar surface area (TPSA) is 75.5 Å². The van der Waals surface area contributed by atoms with Gasteiger partial charge >= 0.3 is 0 Å². The van der Waals surface area contributed by atoms with Crippen LogP contribution in [0.1, 0.15) is 19.7 Å². The van der Waals surface area contributed by atoms with E-state index in [1.54, 1.807) is 20.0 Å². The first-order valence-electron chi connectivity index (χ1n) is 6.16. The summed E-state index contributed by atoms with van der Waals surface area (Å²) in [5.74, 6) is 0.836. The Bertz CT molecular complexity index is 649.